The van der Waals surface area contributed by atoms with Crippen molar-refractivity contribution >= 4 is 11.9 Å². The van der Waals surface area contributed by atoms with Crippen LogP contribution >= 0.6 is 0 Å². The van der Waals surface area contributed by atoms with Crippen molar-refractivity contribution in [2.45, 2.75) is 64.1 Å². The molecule has 2 aliphatic rings. The Labute approximate surface area is 173 Å². The van der Waals surface area contributed by atoms with Crippen molar-refractivity contribution in [2.24, 2.45) is 12.0 Å². The van der Waals surface area contributed by atoms with Gasteiger partial charge in [-0.15, -0.1) is 10.2 Å². The highest BCUT2D eigenvalue weighted by molar-refractivity contribution is 5.80. The van der Waals surface area contributed by atoms with Crippen LogP contribution in [-0.2, 0) is 18.4 Å². The third-order valence-electron chi connectivity index (χ3n) is 6.04. The summed E-state index contributed by atoms with van der Waals surface area (Å²) in [5.74, 6) is 2.81. The maximum atomic E-state index is 11.9. The molecule has 0 bridgehead atoms. The zero-order valence-electron chi connectivity index (χ0n) is 18.3. The first-order valence-electron chi connectivity index (χ1n) is 10.8. The van der Waals surface area contributed by atoms with E-state index >= 15 is 0 Å². The van der Waals surface area contributed by atoms with Gasteiger partial charge in [-0.2, -0.15) is 0 Å². The average molecular weight is 405 g/mol. The number of carbonyl (C=O) groups excluding carboxylic acids is 1. The van der Waals surface area contributed by atoms with Crippen molar-refractivity contribution in [3.63, 3.8) is 0 Å². The molecule has 2 fully saturated rings. The van der Waals surface area contributed by atoms with Crippen LogP contribution in [0.2, 0.25) is 0 Å². The fraction of sp³-hybridized carbons (Fsp3) is 0.800. The fourth-order valence-corrected chi connectivity index (χ4v) is 3.90. The summed E-state index contributed by atoms with van der Waals surface area (Å²) in [6.07, 6.45) is 6.99. The number of aryl methyl sites for hydroxylation is 1. The molecular weight excluding hydrogens is 368 g/mol. The number of aromatic nitrogens is 3. The van der Waals surface area contributed by atoms with Gasteiger partial charge in [0.25, 0.3) is 0 Å². The van der Waals surface area contributed by atoms with E-state index in [9.17, 15) is 4.79 Å². The van der Waals surface area contributed by atoms with E-state index < -0.39 is 0 Å². The number of guanidine groups is 1. The van der Waals surface area contributed by atoms with Gasteiger partial charge in [0.15, 0.2) is 11.8 Å². The van der Waals surface area contributed by atoms with Gasteiger partial charge in [-0.3, -0.25) is 9.69 Å². The third-order valence-corrected chi connectivity index (χ3v) is 6.04. The number of hydrogen-bond acceptors (Lipinski definition) is 5. The van der Waals surface area contributed by atoms with E-state index in [4.69, 9.17) is 4.99 Å². The van der Waals surface area contributed by atoms with Gasteiger partial charge < -0.3 is 20.1 Å². The Balaban J connectivity index is 1.56. The maximum Gasteiger partial charge on any atom is 0.236 e. The molecule has 162 valence electrons. The second kappa shape index (κ2) is 10.0. The number of carbonyl (C=O) groups is 1. The van der Waals surface area contributed by atoms with Gasteiger partial charge >= 0.3 is 0 Å². The first-order chi connectivity index (χ1) is 13.9. The highest BCUT2D eigenvalue weighted by Crippen LogP contribution is 2.18. The lowest BCUT2D eigenvalue weighted by Crippen LogP contribution is -2.51. The lowest BCUT2D eigenvalue weighted by Gasteiger charge is -2.33. The lowest BCUT2D eigenvalue weighted by atomic mass is 10.1. The SMILES string of the molecule is Cc1nnc(CN=C(NC2CCCC2)NC2CCN(CC(=O)N(C)C)CC2)n1C. The number of likely N-dealkylation sites (N-methyl/N-ethyl adjacent to an activating group) is 1. The van der Waals surface area contributed by atoms with Crippen molar-refractivity contribution in [2.75, 3.05) is 33.7 Å². The standard InChI is InChI=1S/C20H36N8O/c1-15-24-25-18(27(15)4)13-21-20(22-16-7-5-6-8-16)23-17-9-11-28(12-10-17)14-19(29)26(2)3/h16-17H,5-14H2,1-4H3,(H2,21,22,23). The Hall–Kier alpha value is -2.16. The molecule has 1 saturated carbocycles. The monoisotopic (exact) mass is 404 g/mol. The average Bonchev–Trinajstić information content (AvgIpc) is 3.32. The number of nitrogens with one attached hydrogen (secondary N) is 2. The lowest BCUT2D eigenvalue weighted by molar-refractivity contribution is -0.130. The first-order valence-corrected chi connectivity index (χ1v) is 10.8. The van der Waals surface area contributed by atoms with Gasteiger partial charge in [0.05, 0.1) is 6.54 Å². The van der Waals surface area contributed by atoms with Gasteiger partial charge in [-0.25, -0.2) is 4.99 Å². The summed E-state index contributed by atoms with van der Waals surface area (Å²) in [5, 5.41) is 15.6. The number of amides is 1. The summed E-state index contributed by atoms with van der Waals surface area (Å²) < 4.78 is 1.98. The normalized spacial score (nSPS) is 19.5. The Morgan fingerprint density at radius 3 is 2.28 bits per heavy atom. The van der Waals surface area contributed by atoms with E-state index in [1.807, 2.05) is 32.6 Å². The summed E-state index contributed by atoms with van der Waals surface area (Å²) >= 11 is 0. The molecule has 1 aromatic heterocycles. The minimum Gasteiger partial charge on any atom is -0.354 e. The number of hydrogen-bond donors (Lipinski definition) is 2. The van der Waals surface area contributed by atoms with Crippen molar-refractivity contribution in [3.8, 4) is 0 Å². The first kappa shape index (κ1) is 21.5. The Morgan fingerprint density at radius 1 is 1.10 bits per heavy atom. The van der Waals surface area contributed by atoms with Crippen LogP contribution in [0, 0.1) is 6.92 Å². The molecule has 1 aliphatic carbocycles. The predicted molar refractivity (Wildman–Crippen MR) is 114 cm³/mol. The minimum absolute atomic E-state index is 0.167. The Bertz CT molecular complexity index is 699. The van der Waals surface area contributed by atoms with E-state index in [1.165, 1.54) is 25.7 Å². The molecule has 0 atom stereocenters. The molecule has 1 aromatic rings. The number of likely N-dealkylation sites (tertiary alicyclic amines) is 1. The molecule has 0 spiro atoms. The van der Waals surface area contributed by atoms with E-state index in [1.54, 1.807) is 4.90 Å². The Kier molecular flexibility index (Phi) is 7.46. The topological polar surface area (TPSA) is 90.7 Å². The van der Waals surface area contributed by atoms with E-state index in [0.717, 1.165) is 43.5 Å². The van der Waals surface area contributed by atoms with Crippen molar-refractivity contribution in [1.29, 1.82) is 0 Å². The van der Waals surface area contributed by atoms with Crippen LogP contribution in [0.1, 0.15) is 50.2 Å². The number of rotatable bonds is 6. The fourth-order valence-electron chi connectivity index (χ4n) is 3.90. The van der Waals surface area contributed by atoms with E-state index in [-0.39, 0.29) is 5.91 Å². The molecule has 0 aromatic carbocycles. The van der Waals surface area contributed by atoms with Crippen molar-refractivity contribution in [3.05, 3.63) is 11.6 Å². The zero-order valence-corrected chi connectivity index (χ0v) is 18.3. The second-order valence-electron chi connectivity index (χ2n) is 8.50. The molecular formula is C20H36N8O. The molecule has 2 heterocycles. The quantitative estimate of drug-likeness (QED) is 0.535. The van der Waals surface area contributed by atoms with Crippen molar-refractivity contribution < 1.29 is 4.79 Å². The predicted octanol–water partition coefficient (Wildman–Crippen LogP) is 0.654. The molecule has 29 heavy (non-hydrogen) atoms. The summed E-state index contributed by atoms with van der Waals surface area (Å²) in [6.45, 7) is 4.82. The molecule has 2 N–H and O–H groups in total. The molecule has 0 radical (unpaired) electrons. The largest absolute Gasteiger partial charge is 0.354 e. The van der Waals surface area contributed by atoms with Gasteiger partial charge in [-0.05, 0) is 32.6 Å². The zero-order chi connectivity index (χ0) is 20.8. The number of aliphatic imine (C=N–C) groups is 1. The third kappa shape index (κ3) is 6.16. The number of nitrogens with zero attached hydrogens (tertiary/aromatic N) is 6. The smallest absolute Gasteiger partial charge is 0.236 e. The highest BCUT2D eigenvalue weighted by Gasteiger charge is 2.23. The van der Waals surface area contributed by atoms with Crippen molar-refractivity contribution in [1.82, 2.24) is 35.2 Å². The van der Waals surface area contributed by atoms with Crippen LogP contribution < -0.4 is 10.6 Å². The summed E-state index contributed by atoms with van der Waals surface area (Å²) in [5.41, 5.74) is 0. The minimum atomic E-state index is 0.167. The van der Waals surface area contributed by atoms with Gasteiger partial charge in [0.1, 0.15) is 12.4 Å². The van der Waals surface area contributed by atoms with Gasteiger partial charge in [-0.1, -0.05) is 12.8 Å². The van der Waals surface area contributed by atoms with Crippen LogP contribution in [-0.4, -0.2) is 82.2 Å². The van der Waals surface area contributed by atoms with Gasteiger partial charge in [0, 0.05) is 46.3 Å². The molecule has 3 rings (SSSR count). The van der Waals surface area contributed by atoms with Crippen LogP contribution in [0.15, 0.2) is 4.99 Å². The maximum absolute atomic E-state index is 11.9. The van der Waals surface area contributed by atoms with E-state index in [0.29, 0.717) is 25.2 Å². The van der Waals surface area contributed by atoms with Crippen LogP contribution in [0.4, 0.5) is 0 Å². The van der Waals surface area contributed by atoms with Crippen LogP contribution in [0.5, 0.6) is 0 Å². The second-order valence-corrected chi connectivity index (χ2v) is 8.50. The molecule has 1 saturated heterocycles. The molecule has 1 amide bonds. The summed E-state index contributed by atoms with van der Waals surface area (Å²) in [7, 11) is 5.60. The summed E-state index contributed by atoms with van der Waals surface area (Å²) in [4.78, 5) is 20.7. The van der Waals surface area contributed by atoms with Crippen LogP contribution in [0.3, 0.4) is 0 Å². The molecule has 9 heteroatoms. The summed E-state index contributed by atoms with van der Waals surface area (Å²) in [6, 6.07) is 0.870. The van der Waals surface area contributed by atoms with Crippen LogP contribution in [0.25, 0.3) is 0 Å². The molecule has 1 aliphatic heterocycles. The highest BCUT2D eigenvalue weighted by atomic mass is 16.2. The Morgan fingerprint density at radius 2 is 1.72 bits per heavy atom. The molecule has 9 nitrogen and oxygen atoms in total. The number of piperidine rings is 1. The molecule has 0 unspecified atom stereocenters. The van der Waals surface area contributed by atoms with E-state index in [2.05, 4.69) is 25.7 Å². The van der Waals surface area contributed by atoms with Gasteiger partial charge in [0.2, 0.25) is 5.91 Å².